The molecule has 6 nitrogen and oxygen atoms in total. The predicted molar refractivity (Wildman–Crippen MR) is 73.5 cm³/mol. The number of carbonyl (C=O) groups excluding carboxylic acids is 1. The van der Waals surface area contributed by atoms with Gasteiger partial charge >= 0.3 is 12.0 Å². The standard InChI is InChI=1S/C14H24N2O4/c1-20-9-8-13(6-7-13)10-15-12(19)16-14(11(17)18)4-2-3-5-14/h2-10H2,1H3,(H,17,18)(H2,15,16,19). The molecule has 2 fully saturated rings. The van der Waals surface area contributed by atoms with Crippen LogP contribution in [0.2, 0.25) is 0 Å². The SMILES string of the molecule is COCCC1(CNC(=O)NC2(C(=O)O)CCCC2)CC1. The second kappa shape index (κ2) is 5.99. The molecular weight excluding hydrogens is 260 g/mol. The van der Waals surface area contributed by atoms with Gasteiger partial charge in [0.15, 0.2) is 0 Å². The van der Waals surface area contributed by atoms with E-state index in [0.29, 0.717) is 26.0 Å². The van der Waals surface area contributed by atoms with Crippen LogP contribution in [0.15, 0.2) is 0 Å². The first-order valence-electron chi connectivity index (χ1n) is 7.30. The molecule has 114 valence electrons. The van der Waals surface area contributed by atoms with E-state index < -0.39 is 11.5 Å². The van der Waals surface area contributed by atoms with Crippen molar-refractivity contribution in [1.82, 2.24) is 10.6 Å². The van der Waals surface area contributed by atoms with Crippen LogP contribution in [0.1, 0.15) is 44.9 Å². The van der Waals surface area contributed by atoms with Crippen molar-refractivity contribution in [3.63, 3.8) is 0 Å². The maximum atomic E-state index is 11.9. The van der Waals surface area contributed by atoms with Crippen molar-refractivity contribution in [2.45, 2.75) is 50.5 Å². The highest BCUT2D eigenvalue weighted by atomic mass is 16.5. The summed E-state index contributed by atoms with van der Waals surface area (Å²) in [6.45, 7) is 1.29. The predicted octanol–water partition coefficient (Wildman–Crippen LogP) is 1.50. The molecule has 2 saturated carbocycles. The zero-order valence-corrected chi connectivity index (χ0v) is 12.0. The van der Waals surface area contributed by atoms with E-state index >= 15 is 0 Å². The molecule has 2 aliphatic rings. The second-order valence-corrected chi connectivity index (χ2v) is 6.14. The van der Waals surface area contributed by atoms with Crippen LogP contribution in [0.5, 0.6) is 0 Å². The lowest BCUT2D eigenvalue weighted by molar-refractivity contribution is -0.144. The summed E-state index contributed by atoms with van der Waals surface area (Å²) in [5, 5.41) is 14.8. The number of hydrogen-bond donors (Lipinski definition) is 3. The van der Waals surface area contributed by atoms with Gasteiger partial charge in [-0.15, -0.1) is 0 Å². The fourth-order valence-electron chi connectivity index (χ4n) is 2.91. The molecule has 2 amide bonds. The molecule has 0 aromatic rings. The molecule has 0 aromatic carbocycles. The molecule has 0 heterocycles. The molecule has 2 aliphatic carbocycles. The van der Waals surface area contributed by atoms with Crippen LogP contribution in [0.3, 0.4) is 0 Å². The van der Waals surface area contributed by atoms with Crippen LogP contribution in [-0.4, -0.2) is 42.9 Å². The Morgan fingerprint density at radius 2 is 1.85 bits per heavy atom. The van der Waals surface area contributed by atoms with Gasteiger partial charge in [-0.05, 0) is 37.5 Å². The first kappa shape index (κ1) is 15.1. The molecule has 0 spiro atoms. The van der Waals surface area contributed by atoms with Gasteiger partial charge in [0.2, 0.25) is 0 Å². The Bertz CT molecular complexity index is 373. The van der Waals surface area contributed by atoms with Gasteiger partial charge in [-0.3, -0.25) is 0 Å². The quantitative estimate of drug-likeness (QED) is 0.661. The van der Waals surface area contributed by atoms with Crippen molar-refractivity contribution in [2.75, 3.05) is 20.3 Å². The lowest BCUT2D eigenvalue weighted by Crippen LogP contribution is -2.56. The van der Waals surface area contributed by atoms with E-state index in [1.807, 2.05) is 0 Å². The highest BCUT2D eigenvalue weighted by Crippen LogP contribution is 2.48. The Hall–Kier alpha value is -1.30. The van der Waals surface area contributed by atoms with Crippen molar-refractivity contribution in [2.24, 2.45) is 5.41 Å². The summed E-state index contributed by atoms with van der Waals surface area (Å²) >= 11 is 0. The van der Waals surface area contributed by atoms with Crippen LogP contribution >= 0.6 is 0 Å². The number of rotatable bonds is 7. The average molecular weight is 284 g/mol. The molecular formula is C14H24N2O4. The van der Waals surface area contributed by atoms with Gasteiger partial charge in [-0.1, -0.05) is 12.8 Å². The first-order valence-corrected chi connectivity index (χ1v) is 7.30. The van der Waals surface area contributed by atoms with Gasteiger partial charge in [0.1, 0.15) is 5.54 Å². The van der Waals surface area contributed by atoms with Crippen LogP contribution in [0.25, 0.3) is 0 Å². The summed E-state index contributed by atoms with van der Waals surface area (Å²) in [6, 6.07) is -0.363. The molecule has 2 rings (SSSR count). The molecule has 0 unspecified atom stereocenters. The maximum Gasteiger partial charge on any atom is 0.329 e. The van der Waals surface area contributed by atoms with Crippen LogP contribution in [0.4, 0.5) is 4.79 Å². The summed E-state index contributed by atoms with van der Waals surface area (Å²) in [5.41, 5.74) is -0.896. The van der Waals surface area contributed by atoms with E-state index in [4.69, 9.17) is 4.74 Å². The second-order valence-electron chi connectivity index (χ2n) is 6.14. The van der Waals surface area contributed by atoms with E-state index in [2.05, 4.69) is 10.6 Å². The Kier molecular flexibility index (Phi) is 4.52. The van der Waals surface area contributed by atoms with E-state index in [1.165, 1.54) is 0 Å². The molecule has 0 saturated heterocycles. The molecule has 0 aliphatic heterocycles. The van der Waals surface area contributed by atoms with E-state index in [-0.39, 0.29) is 11.4 Å². The molecule has 20 heavy (non-hydrogen) atoms. The number of nitrogens with one attached hydrogen (secondary N) is 2. The van der Waals surface area contributed by atoms with Crippen LogP contribution in [0, 0.1) is 5.41 Å². The minimum Gasteiger partial charge on any atom is -0.480 e. The zero-order chi connectivity index (χ0) is 14.6. The number of hydrogen-bond acceptors (Lipinski definition) is 3. The minimum atomic E-state index is -1.06. The number of methoxy groups -OCH3 is 1. The van der Waals surface area contributed by atoms with Gasteiger partial charge in [0.05, 0.1) is 0 Å². The Morgan fingerprint density at radius 1 is 1.20 bits per heavy atom. The van der Waals surface area contributed by atoms with Gasteiger partial charge in [-0.25, -0.2) is 9.59 Å². The first-order chi connectivity index (χ1) is 9.52. The van der Waals surface area contributed by atoms with Crippen LogP contribution < -0.4 is 10.6 Å². The highest BCUT2D eigenvalue weighted by molar-refractivity contribution is 5.86. The van der Waals surface area contributed by atoms with Crippen molar-refractivity contribution in [1.29, 1.82) is 0 Å². The molecule has 6 heteroatoms. The summed E-state index contributed by atoms with van der Waals surface area (Å²) in [4.78, 5) is 23.3. The van der Waals surface area contributed by atoms with Gasteiger partial charge in [0.25, 0.3) is 0 Å². The zero-order valence-electron chi connectivity index (χ0n) is 12.0. The van der Waals surface area contributed by atoms with Crippen molar-refractivity contribution in [3.05, 3.63) is 0 Å². The molecule has 3 N–H and O–H groups in total. The van der Waals surface area contributed by atoms with Gasteiger partial charge < -0.3 is 20.5 Å². The van der Waals surface area contributed by atoms with Crippen molar-refractivity contribution < 1.29 is 19.4 Å². The third kappa shape index (κ3) is 3.42. The van der Waals surface area contributed by atoms with Gasteiger partial charge in [0, 0.05) is 20.3 Å². The molecule has 0 bridgehead atoms. The smallest absolute Gasteiger partial charge is 0.329 e. The number of ether oxygens (including phenoxy) is 1. The lowest BCUT2D eigenvalue weighted by Gasteiger charge is -2.26. The third-order valence-corrected chi connectivity index (χ3v) is 4.64. The minimum absolute atomic E-state index is 0.166. The molecule has 0 radical (unpaired) electrons. The van der Waals surface area contributed by atoms with Crippen molar-refractivity contribution >= 4 is 12.0 Å². The number of amides is 2. The highest BCUT2D eigenvalue weighted by Gasteiger charge is 2.44. The topological polar surface area (TPSA) is 87.7 Å². The Balaban J connectivity index is 1.79. The van der Waals surface area contributed by atoms with E-state index in [1.54, 1.807) is 7.11 Å². The third-order valence-electron chi connectivity index (χ3n) is 4.64. The Labute approximate surface area is 119 Å². The lowest BCUT2D eigenvalue weighted by atomic mass is 9.98. The summed E-state index contributed by atoms with van der Waals surface area (Å²) in [6.07, 6.45) is 5.87. The fourth-order valence-corrected chi connectivity index (χ4v) is 2.91. The Morgan fingerprint density at radius 3 is 2.35 bits per heavy atom. The summed E-state index contributed by atoms with van der Waals surface area (Å²) in [7, 11) is 1.67. The number of carboxylic acids is 1. The largest absolute Gasteiger partial charge is 0.480 e. The monoisotopic (exact) mass is 284 g/mol. The van der Waals surface area contributed by atoms with E-state index in [9.17, 15) is 14.7 Å². The number of urea groups is 1. The maximum absolute atomic E-state index is 11.9. The molecule has 0 aromatic heterocycles. The van der Waals surface area contributed by atoms with Crippen LogP contribution in [-0.2, 0) is 9.53 Å². The van der Waals surface area contributed by atoms with Gasteiger partial charge in [-0.2, -0.15) is 0 Å². The number of aliphatic carboxylic acids is 1. The normalized spacial score (nSPS) is 22.2. The average Bonchev–Trinajstić information content (AvgIpc) is 3.04. The fraction of sp³-hybridized carbons (Fsp3) is 0.857. The number of carbonyl (C=O) groups is 2. The molecule has 0 atom stereocenters. The van der Waals surface area contributed by atoms with E-state index in [0.717, 1.165) is 32.1 Å². The van der Waals surface area contributed by atoms with Crippen molar-refractivity contribution in [3.8, 4) is 0 Å². The summed E-state index contributed by atoms with van der Waals surface area (Å²) < 4.78 is 5.07. The summed E-state index contributed by atoms with van der Waals surface area (Å²) in [5.74, 6) is -0.925. The number of carboxylic acid groups (broad SMARTS) is 1.